The highest BCUT2D eigenvalue weighted by molar-refractivity contribution is 6.33. The van der Waals surface area contributed by atoms with Gasteiger partial charge in [0.1, 0.15) is 17.7 Å². The molecule has 1 N–H and O–H groups in total. The highest BCUT2D eigenvalue weighted by Gasteiger charge is 2.07. The molecule has 0 aliphatic heterocycles. The van der Waals surface area contributed by atoms with Crippen molar-refractivity contribution in [3.05, 3.63) is 47.1 Å². The van der Waals surface area contributed by atoms with Crippen LogP contribution in [0.15, 0.2) is 30.6 Å². The number of hydrogen-bond acceptors (Lipinski definition) is 4. The molecule has 4 nitrogen and oxygen atoms in total. The molecule has 0 fully saturated rings. The van der Waals surface area contributed by atoms with Crippen LogP contribution in [0.25, 0.3) is 0 Å². The second-order valence-corrected chi connectivity index (χ2v) is 3.53. The summed E-state index contributed by atoms with van der Waals surface area (Å²) in [6, 6.07) is 6.19. The molecule has 2 aromatic rings. The minimum Gasteiger partial charge on any atom is -0.335 e. The molecule has 0 aliphatic rings. The first kappa shape index (κ1) is 11.3. The Kier molecular flexibility index (Phi) is 3.17. The zero-order valence-electron chi connectivity index (χ0n) is 8.48. The minimum atomic E-state index is -0.483. The third-order valence-corrected chi connectivity index (χ3v) is 2.30. The first-order valence-electron chi connectivity index (χ1n) is 4.64. The first-order chi connectivity index (χ1) is 8.20. The van der Waals surface area contributed by atoms with E-state index in [1.807, 2.05) is 6.07 Å². The van der Waals surface area contributed by atoms with Crippen LogP contribution in [-0.4, -0.2) is 9.97 Å². The molecule has 0 unspecified atom stereocenters. The molecule has 6 heteroatoms. The normalized spacial score (nSPS) is 9.71. The van der Waals surface area contributed by atoms with E-state index in [1.165, 1.54) is 24.5 Å². The number of para-hydroxylation sites is 1. The molecule has 0 saturated carbocycles. The van der Waals surface area contributed by atoms with Crippen molar-refractivity contribution in [2.45, 2.75) is 0 Å². The maximum Gasteiger partial charge on any atom is 0.158 e. The van der Waals surface area contributed by atoms with E-state index in [1.54, 1.807) is 6.07 Å². The molecule has 17 heavy (non-hydrogen) atoms. The van der Waals surface area contributed by atoms with Gasteiger partial charge in [0.2, 0.25) is 0 Å². The van der Waals surface area contributed by atoms with Gasteiger partial charge in [-0.1, -0.05) is 17.7 Å². The summed E-state index contributed by atoms with van der Waals surface area (Å²) in [7, 11) is 0. The number of rotatable bonds is 2. The van der Waals surface area contributed by atoms with Gasteiger partial charge in [0.25, 0.3) is 0 Å². The van der Waals surface area contributed by atoms with Gasteiger partial charge < -0.3 is 5.32 Å². The average Bonchev–Trinajstić information content (AvgIpc) is 2.35. The number of anilines is 2. The standard InChI is InChI=1S/C11H6ClFN4/c12-8-2-1-3-9(13)11(8)17-10-6-15-7(4-14)5-16-10/h1-3,5-6H,(H,16,17). The lowest BCUT2D eigenvalue weighted by Crippen LogP contribution is -1.98. The summed E-state index contributed by atoms with van der Waals surface area (Å²) in [5.74, 6) is -0.167. The zero-order valence-corrected chi connectivity index (χ0v) is 9.24. The Balaban J connectivity index is 2.29. The van der Waals surface area contributed by atoms with Gasteiger partial charge in [-0.15, -0.1) is 0 Å². The molecule has 2 rings (SSSR count). The second-order valence-electron chi connectivity index (χ2n) is 3.12. The van der Waals surface area contributed by atoms with E-state index in [-0.39, 0.29) is 16.4 Å². The van der Waals surface area contributed by atoms with Crippen molar-refractivity contribution in [2.24, 2.45) is 0 Å². The lowest BCUT2D eigenvalue weighted by atomic mass is 10.3. The fourth-order valence-corrected chi connectivity index (χ4v) is 1.41. The average molecular weight is 249 g/mol. The molecular weight excluding hydrogens is 243 g/mol. The Labute approximate surface area is 102 Å². The molecule has 1 aromatic carbocycles. The van der Waals surface area contributed by atoms with Crippen LogP contribution in [0.4, 0.5) is 15.9 Å². The van der Waals surface area contributed by atoms with E-state index in [4.69, 9.17) is 16.9 Å². The van der Waals surface area contributed by atoms with Gasteiger partial charge in [-0.2, -0.15) is 5.26 Å². The van der Waals surface area contributed by atoms with E-state index < -0.39 is 5.82 Å². The summed E-state index contributed by atoms with van der Waals surface area (Å²) >= 11 is 5.83. The fraction of sp³-hybridized carbons (Fsp3) is 0. The van der Waals surface area contributed by atoms with Gasteiger partial charge >= 0.3 is 0 Å². The molecule has 0 aliphatic carbocycles. The lowest BCUT2D eigenvalue weighted by Gasteiger charge is -2.07. The highest BCUT2D eigenvalue weighted by atomic mass is 35.5. The second kappa shape index (κ2) is 4.76. The first-order valence-corrected chi connectivity index (χ1v) is 5.01. The topological polar surface area (TPSA) is 61.6 Å². The Morgan fingerprint density at radius 3 is 2.71 bits per heavy atom. The van der Waals surface area contributed by atoms with Gasteiger partial charge in [0, 0.05) is 0 Å². The van der Waals surface area contributed by atoms with Crippen LogP contribution < -0.4 is 5.32 Å². The van der Waals surface area contributed by atoms with Crippen molar-refractivity contribution in [1.29, 1.82) is 5.26 Å². The summed E-state index contributed by atoms with van der Waals surface area (Å²) in [4.78, 5) is 7.71. The van der Waals surface area contributed by atoms with E-state index >= 15 is 0 Å². The van der Waals surface area contributed by atoms with Crippen molar-refractivity contribution < 1.29 is 4.39 Å². The maximum atomic E-state index is 13.4. The molecule has 0 amide bonds. The monoisotopic (exact) mass is 248 g/mol. The Morgan fingerprint density at radius 2 is 2.12 bits per heavy atom. The predicted octanol–water partition coefficient (Wildman–Crippen LogP) is 2.88. The molecule has 1 aromatic heterocycles. The molecule has 0 bridgehead atoms. The Hall–Kier alpha value is -2.19. The molecule has 0 radical (unpaired) electrons. The lowest BCUT2D eigenvalue weighted by molar-refractivity contribution is 0.632. The van der Waals surface area contributed by atoms with Gasteiger partial charge in [0.05, 0.1) is 23.1 Å². The number of nitriles is 1. The van der Waals surface area contributed by atoms with Gasteiger partial charge in [-0.25, -0.2) is 14.4 Å². The van der Waals surface area contributed by atoms with E-state index in [2.05, 4.69) is 15.3 Å². The number of aromatic nitrogens is 2. The van der Waals surface area contributed by atoms with Gasteiger partial charge in [0.15, 0.2) is 5.69 Å². The maximum absolute atomic E-state index is 13.4. The van der Waals surface area contributed by atoms with Crippen LogP contribution in [0, 0.1) is 17.1 Å². The minimum absolute atomic E-state index is 0.133. The molecule has 84 valence electrons. The molecule has 0 saturated heterocycles. The predicted molar refractivity (Wildman–Crippen MR) is 61.4 cm³/mol. The number of benzene rings is 1. The van der Waals surface area contributed by atoms with Crippen molar-refractivity contribution in [2.75, 3.05) is 5.32 Å². The zero-order chi connectivity index (χ0) is 12.3. The number of halogens is 2. The summed E-state index contributed by atoms with van der Waals surface area (Å²) in [6.07, 6.45) is 2.62. The van der Waals surface area contributed by atoms with Gasteiger partial charge in [-0.05, 0) is 12.1 Å². The van der Waals surface area contributed by atoms with Crippen LogP contribution in [0.3, 0.4) is 0 Å². The van der Waals surface area contributed by atoms with Gasteiger partial charge in [-0.3, -0.25) is 0 Å². The van der Waals surface area contributed by atoms with Crippen LogP contribution in [0.1, 0.15) is 5.69 Å². The fourth-order valence-electron chi connectivity index (χ4n) is 1.20. The number of nitrogens with one attached hydrogen (secondary N) is 1. The van der Waals surface area contributed by atoms with Crippen molar-refractivity contribution in [1.82, 2.24) is 9.97 Å². The largest absolute Gasteiger partial charge is 0.335 e. The van der Waals surface area contributed by atoms with E-state index in [9.17, 15) is 4.39 Å². The number of hydrogen-bond donors (Lipinski definition) is 1. The summed E-state index contributed by atoms with van der Waals surface area (Å²) in [6.45, 7) is 0. The third kappa shape index (κ3) is 2.49. The third-order valence-electron chi connectivity index (χ3n) is 1.98. The van der Waals surface area contributed by atoms with Crippen LogP contribution in [0.2, 0.25) is 5.02 Å². The molecule has 1 heterocycles. The molecule has 0 spiro atoms. The quantitative estimate of drug-likeness (QED) is 0.888. The van der Waals surface area contributed by atoms with Crippen LogP contribution >= 0.6 is 11.6 Å². The Morgan fingerprint density at radius 1 is 1.29 bits per heavy atom. The highest BCUT2D eigenvalue weighted by Crippen LogP contribution is 2.26. The van der Waals surface area contributed by atoms with Crippen molar-refractivity contribution in [3.8, 4) is 6.07 Å². The summed E-state index contributed by atoms with van der Waals surface area (Å²) < 4.78 is 13.4. The Bertz CT molecular complexity index is 557. The number of nitrogens with zero attached hydrogens (tertiary/aromatic N) is 3. The molecule has 0 atom stereocenters. The van der Waals surface area contributed by atoms with Crippen molar-refractivity contribution in [3.63, 3.8) is 0 Å². The summed E-state index contributed by atoms with van der Waals surface area (Å²) in [5.41, 5.74) is 0.323. The van der Waals surface area contributed by atoms with Crippen molar-refractivity contribution >= 4 is 23.1 Å². The smallest absolute Gasteiger partial charge is 0.158 e. The van der Waals surface area contributed by atoms with Crippen LogP contribution in [-0.2, 0) is 0 Å². The summed E-state index contributed by atoms with van der Waals surface area (Å²) in [5, 5.41) is 11.5. The van der Waals surface area contributed by atoms with E-state index in [0.717, 1.165) is 0 Å². The van der Waals surface area contributed by atoms with Crippen LogP contribution in [0.5, 0.6) is 0 Å². The van der Waals surface area contributed by atoms with E-state index in [0.29, 0.717) is 5.82 Å². The molecular formula is C11H6ClFN4. The SMILES string of the molecule is N#Cc1cnc(Nc2c(F)cccc2Cl)cn1.